The van der Waals surface area contributed by atoms with E-state index in [-0.39, 0.29) is 6.04 Å². The predicted octanol–water partition coefficient (Wildman–Crippen LogP) is 1.41. The number of imidazole rings is 1. The van der Waals surface area contributed by atoms with Crippen LogP contribution in [-0.2, 0) is 7.05 Å². The van der Waals surface area contributed by atoms with E-state index < -0.39 is 0 Å². The van der Waals surface area contributed by atoms with Crippen LogP contribution in [0.2, 0.25) is 0 Å². The van der Waals surface area contributed by atoms with Gasteiger partial charge in [-0.05, 0) is 5.92 Å². The van der Waals surface area contributed by atoms with Gasteiger partial charge in [0, 0.05) is 19.4 Å². The summed E-state index contributed by atoms with van der Waals surface area (Å²) in [5.74, 6) is 1.93. The summed E-state index contributed by atoms with van der Waals surface area (Å²) in [5, 5.41) is 3.28. The van der Waals surface area contributed by atoms with E-state index in [1.165, 1.54) is 12.7 Å². The third-order valence-electron chi connectivity index (χ3n) is 2.58. The van der Waals surface area contributed by atoms with E-state index in [4.69, 9.17) is 0 Å². The van der Waals surface area contributed by atoms with Crippen molar-refractivity contribution < 1.29 is 0 Å². The van der Waals surface area contributed by atoms with Crippen LogP contribution in [0.25, 0.3) is 0 Å². The largest absolute Gasteiger partial charge is 0.344 e. The number of hydrogen-bond acceptors (Lipinski definition) is 5. The molecule has 1 atom stereocenters. The molecule has 17 heavy (non-hydrogen) atoms. The number of anilines is 1. The molecule has 2 heterocycles. The molecule has 90 valence electrons. The van der Waals surface area contributed by atoms with E-state index in [1.54, 1.807) is 6.20 Å². The van der Waals surface area contributed by atoms with Crippen molar-refractivity contribution in [1.82, 2.24) is 24.5 Å². The molecule has 0 bridgehead atoms. The molecule has 2 aromatic rings. The first kappa shape index (κ1) is 11.5. The Morgan fingerprint density at radius 3 is 2.41 bits per heavy atom. The lowest BCUT2D eigenvalue weighted by Crippen LogP contribution is -2.21. The molecule has 0 amide bonds. The van der Waals surface area contributed by atoms with Crippen molar-refractivity contribution in [2.75, 3.05) is 5.32 Å². The molecule has 0 unspecified atom stereocenters. The Labute approximate surface area is 100 Å². The zero-order valence-corrected chi connectivity index (χ0v) is 10.2. The van der Waals surface area contributed by atoms with Crippen molar-refractivity contribution in [2.45, 2.75) is 19.9 Å². The van der Waals surface area contributed by atoms with Gasteiger partial charge in [-0.2, -0.15) is 0 Å². The van der Waals surface area contributed by atoms with Gasteiger partial charge >= 0.3 is 0 Å². The van der Waals surface area contributed by atoms with Gasteiger partial charge in [-0.1, -0.05) is 13.8 Å². The molecule has 6 heteroatoms. The Morgan fingerprint density at radius 1 is 1.18 bits per heavy atom. The van der Waals surface area contributed by atoms with Gasteiger partial charge in [-0.15, -0.1) is 0 Å². The molecular formula is C11H16N6. The van der Waals surface area contributed by atoms with Crippen LogP contribution in [0.3, 0.4) is 0 Å². The van der Waals surface area contributed by atoms with Crippen LogP contribution in [0.1, 0.15) is 25.7 Å². The van der Waals surface area contributed by atoms with Crippen LogP contribution >= 0.6 is 0 Å². The minimum absolute atomic E-state index is 0.0809. The second-order valence-electron chi connectivity index (χ2n) is 4.22. The lowest BCUT2D eigenvalue weighted by Gasteiger charge is -2.21. The lowest BCUT2D eigenvalue weighted by atomic mass is 10.0. The number of aryl methyl sites for hydroxylation is 1. The molecule has 2 rings (SSSR count). The topological polar surface area (TPSA) is 68.5 Å². The van der Waals surface area contributed by atoms with Gasteiger partial charge in [0.05, 0.1) is 6.04 Å². The quantitative estimate of drug-likeness (QED) is 0.863. The third kappa shape index (κ3) is 2.58. The van der Waals surface area contributed by atoms with Gasteiger partial charge in [-0.25, -0.2) is 19.9 Å². The first-order valence-electron chi connectivity index (χ1n) is 5.54. The molecule has 6 nitrogen and oxygen atoms in total. The van der Waals surface area contributed by atoms with Crippen LogP contribution in [-0.4, -0.2) is 24.5 Å². The number of rotatable bonds is 4. The van der Waals surface area contributed by atoms with E-state index in [1.807, 2.05) is 17.8 Å². The van der Waals surface area contributed by atoms with Crippen LogP contribution in [0.4, 0.5) is 5.95 Å². The lowest BCUT2D eigenvalue weighted by molar-refractivity contribution is 0.504. The Morgan fingerprint density at radius 2 is 1.88 bits per heavy atom. The third-order valence-corrected chi connectivity index (χ3v) is 2.58. The molecule has 0 saturated carbocycles. The summed E-state index contributed by atoms with van der Waals surface area (Å²) in [5.41, 5.74) is 0. The van der Waals surface area contributed by atoms with Gasteiger partial charge in [0.25, 0.3) is 0 Å². The van der Waals surface area contributed by atoms with E-state index in [9.17, 15) is 0 Å². The van der Waals surface area contributed by atoms with Crippen LogP contribution < -0.4 is 5.32 Å². The molecule has 0 saturated heterocycles. The number of aromatic nitrogens is 5. The van der Waals surface area contributed by atoms with Gasteiger partial charge in [-0.3, -0.25) is 0 Å². The van der Waals surface area contributed by atoms with Crippen molar-refractivity contribution in [3.8, 4) is 0 Å². The highest BCUT2D eigenvalue weighted by Crippen LogP contribution is 2.22. The fraction of sp³-hybridized carbons (Fsp3) is 0.455. The molecule has 0 aliphatic rings. The Bertz CT molecular complexity index is 464. The van der Waals surface area contributed by atoms with Crippen LogP contribution in [0.15, 0.2) is 25.0 Å². The Balaban J connectivity index is 2.23. The highest BCUT2D eigenvalue weighted by molar-refractivity contribution is 5.26. The van der Waals surface area contributed by atoms with Crippen molar-refractivity contribution in [2.24, 2.45) is 13.0 Å². The Hall–Kier alpha value is -1.98. The zero-order valence-electron chi connectivity index (χ0n) is 10.2. The molecule has 0 fully saturated rings. The second kappa shape index (κ2) is 4.90. The molecule has 0 aliphatic heterocycles. The van der Waals surface area contributed by atoms with Gasteiger partial charge in [0.15, 0.2) is 0 Å². The maximum Gasteiger partial charge on any atom is 0.226 e. The maximum atomic E-state index is 4.36. The van der Waals surface area contributed by atoms with E-state index >= 15 is 0 Å². The fourth-order valence-corrected chi connectivity index (χ4v) is 1.66. The van der Waals surface area contributed by atoms with Gasteiger partial charge < -0.3 is 9.88 Å². The average molecular weight is 232 g/mol. The summed E-state index contributed by atoms with van der Waals surface area (Å²) >= 11 is 0. The summed E-state index contributed by atoms with van der Waals surface area (Å²) in [6.45, 7) is 4.26. The van der Waals surface area contributed by atoms with E-state index in [0.29, 0.717) is 11.9 Å². The standard InChI is InChI=1S/C11H16N6/c1-8(2)9(10-13-4-5-17(10)3)16-11-14-6-12-7-15-11/h4-9H,1-3H3,(H,12,14,15,16)/t9-/m1/s1. The summed E-state index contributed by atoms with van der Waals surface area (Å²) < 4.78 is 2.00. The van der Waals surface area contributed by atoms with Crippen molar-refractivity contribution >= 4 is 5.95 Å². The second-order valence-corrected chi connectivity index (χ2v) is 4.22. The van der Waals surface area contributed by atoms with Gasteiger partial charge in [0.2, 0.25) is 5.95 Å². The minimum atomic E-state index is 0.0809. The number of hydrogen-bond donors (Lipinski definition) is 1. The van der Waals surface area contributed by atoms with E-state index in [2.05, 4.69) is 39.1 Å². The zero-order chi connectivity index (χ0) is 12.3. The van der Waals surface area contributed by atoms with Crippen molar-refractivity contribution in [1.29, 1.82) is 0 Å². The summed E-state index contributed by atoms with van der Waals surface area (Å²) in [6, 6.07) is 0.0809. The van der Waals surface area contributed by atoms with Crippen LogP contribution in [0, 0.1) is 5.92 Å². The average Bonchev–Trinajstić information content (AvgIpc) is 2.73. The summed E-state index contributed by atoms with van der Waals surface area (Å²) in [6.07, 6.45) is 6.68. The van der Waals surface area contributed by atoms with Gasteiger partial charge in [0.1, 0.15) is 18.5 Å². The first-order chi connectivity index (χ1) is 8.18. The molecule has 0 spiro atoms. The number of nitrogens with one attached hydrogen (secondary N) is 1. The number of nitrogens with zero attached hydrogens (tertiary/aromatic N) is 5. The van der Waals surface area contributed by atoms with Crippen molar-refractivity contribution in [3.63, 3.8) is 0 Å². The summed E-state index contributed by atoms with van der Waals surface area (Å²) in [7, 11) is 1.98. The highest BCUT2D eigenvalue weighted by Gasteiger charge is 2.20. The smallest absolute Gasteiger partial charge is 0.226 e. The van der Waals surface area contributed by atoms with Crippen LogP contribution in [0.5, 0.6) is 0 Å². The highest BCUT2D eigenvalue weighted by atomic mass is 15.2. The maximum absolute atomic E-state index is 4.36. The Kier molecular flexibility index (Phi) is 3.32. The molecular weight excluding hydrogens is 216 g/mol. The molecule has 0 aliphatic carbocycles. The first-order valence-corrected chi connectivity index (χ1v) is 5.54. The monoisotopic (exact) mass is 232 g/mol. The predicted molar refractivity (Wildman–Crippen MR) is 64.2 cm³/mol. The molecule has 0 aromatic carbocycles. The van der Waals surface area contributed by atoms with E-state index in [0.717, 1.165) is 5.82 Å². The SMILES string of the molecule is CC(C)[C@@H](Nc1ncncn1)c1nccn1C. The normalized spacial score (nSPS) is 12.7. The molecule has 1 N–H and O–H groups in total. The molecule has 2 aromatic heterocycles. The van der Waals surface area contributed by atoms with Crippen molar-refractivity contribution in [3.05, 3.63) is 30.9 Å². The summed E-state index contributed by atoms with van der Waals surface area (Å²) in [4.78, 5) is 16.3. The minimum Gasteiger partial charge on any atom is -0.344 e. The molecule has 0 radical (unpaired) electrons. The fourth-order valence-electron chi connectivity index (χ4n) is 1.66.